The number of allylic oxidation sites excluding steroid dienone is 1. The van der Waals surface area contributed by atoms with E-state index in [-0.39, 0.29) is 12.2 Å². The van der Waals surface area contributed by atoms with Gasteiger partial charge < -0.3 is 14.2 Å². The van der Waals surface area contributed by atoms with Gasteiger partial charge in [0.05, 0.1) is 29.5 Å². The molecule has 2 heterocycles. The third-order valence-electron chi connectivity index (χ3n) is 6.89. The normalized spacial score (nSPS) is 14.7. The molecule has 0 saturated carbocycles. The Hall–Kier alpha value is -3.85. The monoisotopic (exact) mass is 636 g/mol. The molecule has 1 aliphatic heterocycles. The highest BCUT2D eigenvalue weighted by Gasteiger charge is 2.36. The first-order chi connectivity index (χ1) is 20.8. The number of carbonyl (C=O) groups is 1. The molecule has 0 aliphatic carbocycles. The average Bonchev–Trinajstić information content (AvgIpc) is 3.30. The number of fused-ring (bicyclic) bond motifs is 1. The van der Waals surface area contributed by atoms with Crippen molar-refractivity contribution in [3.63, 3.8) is 0 Å². The van der Waals surface area contributed by atoms with Crippen molar-refractivity contribution in [3.8, 4) is 11.5 Å². The summed E-state index contributed by atoms with van der Waals surface area (Å²) in [7, 11) is 1.54. The molecule has 1 aromatic heterocycles. The topological polar surface area (TPSA) is 79.1 Å². The van der Waals surface area contributed by atoms with E-state index in [1.807, 2.05) is 55.5 Å². The van der Waals surface area contributed by atoms with Crippen LogP contribution in [0, 0.1) is 0 Å². The molecule has 0 saturated heterocycles. The van der Waals surface area contributed by atoms with Gasteiger partial charge in [0, 0.05) is 21.2 Å². The van der Waals surface area contributed by atoms with Crippen molar-refractivity contribution in [1.29, 1.82) is 0 Å². The van der Waals surface area contributed by atoms with Gasteiger partial charge in [0.25, 0.3) is 5.56 Å². The number of nitrogens with zero attached hydrogens (tertiary/aromatic N) is 2. The quantitative estimate of drug-likeness (QED) is 0.186. The molecule has 0 fully saturated rings. The van der Waals surface area contributed by atoms with E-state index in [1.165, 1.54) is 23.0 Å². The van der Waals surface area contributed by atoms with Crippen molar-refractivity contribution >= 4 is 46.6 Å². The van der Waals surface area contributed by atoms with Gasteiger partial charge in [-0.25, -0.2) is 9.79 Å². The number of carbonyl (C=O) groups excluding carboxylic acids is 1. The SMILES string of the molecule is CCCC1=C(C(=O)OCC)[C@H](c2cc(Cl)ccc2OC)n2c(s/c(=C/c3cccc(OCc4ccccc4Cl)c3)c2=O)=N1. The number of methoxy groups -OCH3 is 1. The minimum Gasteiger partial charge on any atom is -0.496 e. The summed E-state index contributed by atoms with van der Waals surface area (Å²) >= 11 is 14.0. The minimum atomic E-state index is -0.835. The number of esters is 1. The lowest BCUT2D eigenvalue weighted by Crippen LogP contribution is -2.40. The molecule has 4 aromatic rings. The van der Waals surface area contributed by atoms with Crippen molar-refractivity contribution in [2.24, 2.45) is 4.99 Å². The van der Waals surface area contributed by atoms with Gasteiger partial charge in [-0.1, -0.05) is 78.2 Å². The van der Waals surface area contributed by atoms with Crippen molar-refractivity contribution in [3.05, 3.63) is 124 Å². The predicted octanol–water partition coefficient (Wildman–Crippen LogP) is 6.47. The summed E-state index contributed by atoms with van der Waals surface area (Å²) in [5, 5.41) is 1.08. The van der Waals surface area contributed by atoms with Gasteiger partial charge in [0.2, 0.25) is 0 Å². The number of ether oxygens (including phenoxy) is 3. The van der Waals surface area contributed by atoms with E-state index < -0.39 is 12.0 Å². The smallest absolute Gasteiger partial charge is 0.338 e. The zero-order valence-electron chi connectivity index (χ0n) is 23.9. The fourth-order valence-corrected chi connectivity index (χ4v) is 6.35. The molecule has 1 atom stereocenters. The van der Waals surface area contributed by atoms with Crippen LogP contribution in [0.3, 0.4) is 0 Å². The van der Waals surface area contributed by atoms with Gasteiger partial charge in [-0.05, 0) is 61.4 Å². The number of thiazole rings is 1. The molecular weight excluding hydrogens is 607 g/mol. The Labute approximate surface area is 263 Å². The van der Waals surface area contributed by atoms with Crippen molar-refractivity contribution in [2.75, 3.05) is 13.7 Å². The molecule has 1 aliphatic rings. The highest BCUT2D eigenvalue weighted by Crippen LogP contribution is 2.38. The van der Waals surface area contributed by atoms with Gasteiger partial charge in [0.1, 0.15) is 24.1 Å². The van der Waals surface area contributed by atoms with Crippen molar-refractivity contribution in [1.82, 2.24) is 4.57 Å². The molecule has 3 aromatic carbocycles. The first-order valence-corrected chi connectivity index (χ1v) is 15.4. The maximum Gasteiger partial charge on any atom is 0.338 e. The number of rotatable bonds is 10. The molecule has 43 heavy (non-hydrogen) atoms. The van der Waals surface area contributed by atoms with E-state index in [0.29, 0.717) is 60.7 Å². The third-order valence-corrected chi connectivity index (χ3v) is 8.47. The second kappa shape index (κ2) is 13.6. The van der Waals surface area contributed by atoms with E-state index in [2.05, 4.69) is 0 Å². The Kier molecular flexibility index (Phi) is 9.70. The van der Waals surface area contributed by atoms with Crippen LogP contribution in [0.4, 0.5) is 0 Å². The summed E-state index contributed by atoms with van der Waals surface area (Å²) in [6.07, 6.45) is 3.08. The molecule has 0 spiro atoms. The lowest BCUT2D eigenvalue weighted by Gasteiger charge is -2.27. The molecule has 0 unspecified atom stereocenters. The first-order valence-electron chi connectivity index (χ1n) is 13.9. The molecular formula is C33H30Cl2N2O5S. The maximum atomic E-state index is 14.1. The van der Waals surface area contributed by atoms with Crippen LogP contribution in [0.5, 0.6) is 11.5 Å². The standard InChI is InChI=1S/C33H30Cl2N2O5S/c1-4-9-26-29(32(39)41-5-2)30(24-18-22(34)14-15-27(24)40-3)37-31(38)28(43-33(37)36-26)17-20-10-8-12-23(16-20)42-19-21-11-6-7-13-25(21)35/h6-8,10-18,30H,4-5,9,19H2,1-3H3/b28-17+/t30-/m0/s1. The molecule has 0 bridgehead atoms. The summed E-state index contributed by atoms with van der Waals surface area (Å²) in [6.45, 7) is 4.24. The summed E-state index contributed by atoms with van der Waals surface area (Å²) in [4.78, 5) is 32.8. The Balaban J connectivity index is 1.63. The Morgan fingerprint density at radius 2 is 1.88 bits per heavy atom. The summed E-state index contributed by atoms with van der Waals surface area (Å²) in [5.41, 5.74) is 2.81. The Morgan fingerprint density at radius 3 is 2.63 bits per heavy atom. The van der Waals surface area contributed by atoms with E-state index >= 15 is 0 Å². The van der Waals surface area contributed by atoms with Crippen LogP contribution in [0.25, 0.3) is 6.08 Å². The third kappa shape index (κ3) is 6.56. The minimum absolute atomic E-state index is 0.181. The van der Waals surface area contributed by atoms with Crippen LogP contribution in [0.2, 0.25) is 10.0 Å². The molecule has 5 rings (SSSR count). The predicted molar refractivity (Wildman–Crippen MR) is 170 cm³/mol. The molecule has 0 radical (unpaired) electrons. The zero-order valence-corrected chi connectivity index (χ0v) is 26.3. The second-order valence-electron chi connectivity index (χ2n) is 9.75. The van der Waals surface area contributed by atoms with Crippen LogP contribution in [-0.4, -0.2) is 24.3 Å². The zero-order chi connectivity index (χ0) is 30.5. The fraction of sp³-hybridized carbons (Fsp3) is 0.242. The number of aromatic nitrogens is 1. The van der Waals surface area contributed by atoms with E-state index in [1.54, 1.807) is 31.2 Å². The van der Waals surface area contributed by atoms with Gasteiger partial charge >= 0.3 is 5.97 Å². The average molecular weight is 638 g/mol. The molecule has 7 nitrogen and oxygen atoms in total. The van der Waals surface area contributed by atoms with Crippen LogP contribution in [-0.2, 0) is 16.1 Å². The van der Waals surface area contributed by atoms with Crippen LogP contribution < -0.4 is 24.4 Å². The number of hydrogen-bond donors (Lipinski definition) is 0. The largest absolute Gasteiger partial charge is 0.496 e. The summed E-state index contributed by atoms with van der Waals surface area (Å²) < 4.78 is 19.1. The van der Waals surface area contributed by atoms with Gasteiger partial charge in [-0.3, -0.25) is 9.36 Å². The second-order valence-corrected chi connectivity index (χ2v) is 11.6. The summed E-state index contributed by atoms with van der Waals surface area (Å²) in [6, 6.07) is 19.3. The molecule has 222 valence electrons. The van der Waals surface area contributed by atoms with Gasteiger partial charge in [0.15, 0.2) is 4.80 Å². The van der Waals surface area contributed by atoms with Crippen LogP contribution in [0.1, 0.15) is 49.4 Å². The first kappa shape index (κ1) is 30.6. The van der Waals surface area contributed by atoms with E-state index in [0.717, 1.165) is 17.5 Å². The number of benzene rings is 3. The molecule has 0 N–H and O–H groups in total. The lowest BCUT2D eigenvalue weighted by molar-refractivity contribution is -0.139. The number of halogens is 2. The number of hydrogen-bond acceptors (Lipinski definition) is 7. The highest BCUT2D eigenvalue weighted by molar-refractivity contribution is 7.07. The molecule has 10 heteroatoms. The highest BCUT2D eigenvalue weighted by atomic mass is 35.5. The summed E-state index contributed by atoms with van der Waals surface area (Å²) in [5.74, 6) is 0.601. The van der Waals surface area contributed by atoms with Gasteiger partial charge in [-0.2, -0.15) is 0 Å². The van der Waals surface area contributed by atoms with Crippen molar-refractivity contribution in [2.45, 2.75) is 39.3 Å². The Bertz CT molecular complexity index is 1880. The van der Waals surface area contributed by atoms with Crippen LogP contribution in [0.15, 0.2) is 87.8 Å². The van der Waals surface area contributed by atoms with E-state index in [9.17, 15) is 9.59 Å². The Morgan fingerprint density at radius 1 is 1.07 bits per heavy atom. The maximum absolute atomic E-state index is 14.1. The molecule has 0 amide bonds. The van der Waals surface area contributed by atoms with Crippen molar-refractivity contribution < 1.29 is 19.0 Å². The van der Waals surface area contributed by atoms with Gasteiger partial charge in [-0.15, -0.1) is 0 Å². The fourth-order valence-electron chi connectivity index (χ4n) is 4.96. The van der Waals surface area contributed by atoms with Crippen LogP contribution >= 0.6 is 34.5 Å². The van der Waals surface area contributed by atoms with E-state index in [4.69, 9.17) is 42.4 Å². The lowest BCUT2D eigenvalue weighted by atomic mass is 9.93.